The zero-order valence-corrected chi connectivity index (χ0v) is 22.7. The lowest BCUT2D eigenvalue weighted by atomic mass is 9.97. The number of anilines is 2. The molecule has 1 N–H and O–H groups in total. The normalized spacial score (nSPS) is 17.8. The summed E-state index contributed by atoms with van der Waals surface area (Å²) in [6.07, 6.45) is 6.20. The van der Waals surface area contributed by atoms with E-state index in [1.165, 1.54) is 62.4 Å². The number of hydrogen-bond donors (Lipinski definition) is 1. The Labute approximate surface area is 227 Å². The summed E-state index contributed by atoms with van der Waals surface area (Å²) in [4.78, 5) is 50.1. The van der Waals surface area contributed by atoms with Gasteiger partial charge < -0.3 is 10.1 Å². The van der Waals surface area contributed by atoms with E-state index in [0.717, 1.165) is 40.5 Å². The highest BCUT2D eigenvalue weighted by molar-refractivity contribution is 7.89. The molecule has 0 aromatic heterocycles. The molecule has 1 unspecified atom stereocenters. The molecule has 4 rings (SSSR count). The van der Waals surface area contributed by atoms with Crippen LogP contribution in [0.25, 0.3) is 0 Å². The number of amides is 3. The summed E-state index contributed by atoms with van der Waals surface area (Å²) >= 11 is 0. The van der Waals surface area contributed by atoms with Gasteiger partial charge in [-0.2, -0.15) is 4.31 Å². The summed E-state index contributed by atoms with van der Waals surface area (Å²) in [7, 11) is -4.18. The maximum Gasteiger partial charge on any atom is 0.308 e. The Morgan fingerprint density at radius 3 is 2.31 bits per heavy atom. The lowest BCUT2D eigenvalue weighted by Gasteiger charge is -2.28. The van der Waals surface area contributed by atoms with Crippen LogP contribution in [0.2, 0.25) is 0 Å². The molecule has 1 atom stereocenters. The van der Waals surface area contributed by atoms with Crippen molar-refractivity contribution in [3.63, 3.8) is 0 Å². The van der Waals surface area contributed by atoms with Crippen molar-refractivity contribution in [3.8, 4) is 5.75 Å². The van der Waals surface area contributed by atoms with E-state index in [-0.39, 0.29) is 35.2 Å². The molecular formula is C28H31N3O7S. The first-order valence-electron chi connectivity index (χ1n) is 12.8. The van der Waals surface area contributed by atoms with Gasteiger partial charge in [0.25, 0.3) is 5.91 Å². The lowest BCUT2D eigenvalue weighted by molar-refractivity contribution is -0.132. The van der Waals surface area contributed by atoms with Crippen LogP contribution in [0.5, 0.6) is 5.75 Å². The van der Waals surface area contributed by atoms with E-state index >= 15 is 0 Å². The van der Waals surface area contributed by atoms with Gasteiger partial charge in [-0.25, -0.2) is 13.3 Å². The minimum absolute atomic E-state index is 0.0429. The monoisotopic (exact) mass is 553 g/mol. The molecule has 0 radical (unpaired) electrons. The molecule has 2 aromatic carbocycles. The third-order valence-electron chi connectivity index (χ3n) is 6.65. The number of allylic oxidation sites excluding steroid dienone is 1. The van der Waals surface area contributed by atoms with Gasteiger partial charge in [0.2, 0.25) is 21.8 Å². The van der Waals surface area contributed by atoms with E-state index in [4.69, 9.17) is 4.74 Å². The van der Waals surface area contributed by atoms with Crippen LogP contribution in [0.3, 0.4) is 0 Å². The first-order chi connectivity index (χ1) is 18.6. The lowest BCUT2D eigenvalue weighted by Crippen LogP contribution is -2.46. The topological polar surface area (TPSA) is 130 Å². The summed E-state index contributed by atoms with van der Waals surface area (Å²) in [5, 5.41) is 2.60. The van der Waals surface area contributed by atoms with E-state index in [1.54, 1.807) is 0 Å². The molecule has 1 aliphatic carbocycles. The van der Waals surface area contributed by atoms with Gasteiger partial charge in [0.15, 0.2) is 0 Å². The zero-order chi connectivity index (χ0) is 28.2. The quantitative estimate of drug-likeness (QED) is 0.216. The number of sulfonamides is 1. The molecule has 10 nitrogen and oxygen atoms in total. The molecule has 1 saturated heterocycles. The Bertz CT molecular complexity index is 1400. The van der Waals surface area contributed by atoms with Crippen LogP contribution in [0, 0.1) is 0 Å². The molecule has 206 valence electrons. The second-order valence-electron chi connectivity index (χ2n) is 9.55. The van der Waals surface area contributed by atoms with Gasteiger partial charge >= 0.3 is 5.97 Å². The second-order valence-corrected chi connectivity index (χ2v) is 11.4. The molecule has 2 aliphatic rings. The van der Waals surface area contributed by atoms with Crippen molar-refractivity contribution in [3.05, 3.63) is 60.2 Å². The highest BCUT2D eigenvalue weighted by Gasteiger charge is 2.46. The highest BCUT2D eigenvalue weighted by Crippen LogP contribution is 2.32. The molecular weight excluding hydrogens is 522 g/mol. The van der Waals surface area contributed by atoms with Crippen molar-refractivity contribution in [2.75, 3.05) is 16.8 Å². The average molecular weight is 554 g/mol. The molecule has 39 heavy (non-hydrogen) atoms. The van der Waals surface area contributed by atoms with Crippen molar-refractivity contribution in [1.82, 2.24) is 4.31 Å². The van der Waals surface area contributed by atoms with Crippen LogP contribution in [0.4, 0.5) is 11.4 Å². The zero-order valence-electron chi connectivity index (χ0n) is 21.9. The number of benzene rings is 2. The first kappa shape index (κ1) is 28.2. The summed E-state index contributed by atoms with van der Waals surface area (Å²) in [6, 6.07) is 10.4. The molecule has 11 heteroatoms. The molecule has 2 aromatic rings. The van der Waals surface area contributed by atoms with Crippen LogP contribution in [-0.4, -0.2) is 49.0 Å². The third-order valence-corrected chi connectivity index (χ3v) is 8.57. The van der Waals surface area contributed by atoms with Gasteiger partial charge in [-0.1, -0.05) is 11.6 Å². The molecule has 1 fully saturated rings. The predicted molar refractivity (Wildman–Crippen MR) is 144 cm³/mol. The number of carbonyl (C=O) groups is 4. The smallest absolute Gasteiger partial charge is 0.308 e. The largest absolute Gasteiger partial charge is 0.427 e. The Balaban J connectivity index is 1.63. The van der Waals surface area contributed by atoms with E-state index in [0.29, 0.717) is 12.1 Å². The van der Waals surface area contributed by atoms with Crippen LogP contribution in [0.15, 0.2) is 65.1 Å². The number of carbonyl (C=O) groups excluding carboxylic acids is 4. The molecule has 3 amide bonds. The number of ether oxygens (including phenoxy) is 1. The fourth-order valence-electron chi connectivity index (χ4n) is 4.82. The van der Waals surface area contributed by atoms with Crippen molar-refractivity contribution in [1.29, 1.82) is 0 Å². The Hall–Kier alpha value is -3.83. The van der Waals surface area contributed by atoms with Gasteiger partial charge in [-0.15, -0.1) is 0 Å². The minimum atomic E-state index is -4.18. The van der Waals surface area contributed by atoms with Crippen molar-refractivity contribution in [2.24, 2.45) is 0 Å². The summed E-state index contributed by atoms with van der Waals surface area (Å²) in [6.45, 7) is 2.66. The SMILES string of the molecule is CC(=O)Nc1ccc(S(=O)(=O)N(CCC2=CCCCC2)C2CC(=O)N(c3ccc(OC(C)=O)cc3)C2=O)cc1. The van der Waals surface area contributed by atoms with Gasteiger partial charge in [-0.05, 0) is 80.6 Å². The van der Waals surface area contributed by atoms with Gasteiger partial charge in [0.05, 0.1) is 17.0 Å². The minimum Gasteiger partial charge on any atom is -0.427 e. The molecule has 1 heterocycles. The van der Waals surface area contributed by atoms with Gasteiger partial charge in [0.1, 0.15) is 11.8 Å². The van der Waals surface area contributed by atoms with Crippen molar-refractivity contribution >= 4 is 45.1 Å². The molecule has 0 bridgehead atoms. The standard InChI is InChI=1S/C28H31N3O7S/c1-19(32)29-22-8-14-25(15-9-22)39(36,37)30(17-16-21-6-4-3-5-7-21)26-18-27(34)31(28(26)35)23-10-12-24(13-11-23)38-20(2)33/h6,8-15,26H,3-5,7,16-18H2,1-2H3,(H,29,32). The van der Waals surface area contributed by atoms with Crippen LogP contribution in [0.1, 0.15) is 52.4 Å². The molecule has 0 saturated carbocycles. The second kappa shape index (κ2) is 11.9. The van der Waals surface area contributed by atoms with E-state index in [1.807, 2.05) is 0 Å². The highest BCUT2D eigenvalue weighted by atomic mass is 32.2. The van der Waals surface area contributed by atoms with E-state index in [9.17, 15) is 27.6 Å². The Kier molecular flexibility index (Phi) is 8.61. The average Bonchev–Trinajstić information content (AvgIpc) is 3.18. The van der Waals surface area contributed by atoms with Crippen LogP contribution in [-0.2, 0) is 29.2 Å². The maximum atomic E-state index is 13.9. The fraction of sp³-hybridized carbons (Fsp3) is 0.357. The van der Waals surface area contributed by atoms with Gasteiger partial charge in [-0.3, -0.25) is 19.2 Å². The van der Waals surface area contributed by atoms with E-state index < -0.39 is 33.8 Å². The number of hydrogen-bond acceptors (Lipinski definition) is 7. The number of nitrogens with zero attached hydrogens (tertiary/aromatic N) is 2. The maximum absolute atomic E-state index is 13.9. The van der Waals surface area contributed by atoms with Crippen LogP contribution >= 0.6 is 0 Å². The number of esters is 1. The summed E-state index contributed by atoms with van der Waals surface area (Å²) in [5.74, 6) is -1.70. The number of rotatable bonds is 9. The first-order valence-corrected chi connectivity index (χ1v) is 14.2. The third kappa shape index (κ3) is 6.61. The molecule has 1 aliphatic heterocycles. The van der Waals surface area contributed by atoms with E-state index in [2.05, 4.69) is 11.4 Å². The fourth-order valence-corrected chi connectivity index (χ4v) is 6.40. The summed E-state index contributed by atoms with van der Waals surface area (Å²) < 4.78 is 33.9. The Morgan fingerprint density at radius 2 is 1.72 bits per heavy atom. The predicted octanol–water partition coefficient (Wildman–Crippen LogP) is 3.78. The van der Waals surface area contributed by atoms with Crippen molar-refractivity contribution in [2.45, 2.75) is 63.3 Å². The van der Waals surface area contributed by atoms with Crippen LogP contribution < -0.4 is 15.0 Å². The summed E-state index contributed by atoms with van der Waals surface area (Å²) in [5.41, 5.74) is 1.84. The number of nitrogens with one attached hydrogen (secondary N) is 1. The van der Waals surface area contributed by atoms with Crippen molar-refractivity contribution < 1.29 is 32.3 Å². The Morgan fingerprint density at radius 1 is 1.03 bits per heavy atom. The van der Waals surface area contributed by atoms with Gasteiger partial charge in [0, 0.05) is 26.1 Å². The number of imide groups is 1. The molecule has 0 spiro atoms.